The highest BCUT2D eigenvalue weighted by atomic mass is 35.5. The Morgan fingerprint density at radius 1 is 1.19 bits per heavy atom. The van der Waals surface area contributed by atoms with Gasteiger partial charge in [0.05, 0.1) is 22.5 Å². The number of rotatable bonds is 9. The summed E-state index contributed by atoms with van der Waals surface area (Å²) in [6.45, 7) is 5.40. The van der Waals surface area contributed by atoms with Crippen LogP contribution in [0.5, 0.6) is 0 Å². The van der Waals surface area contributed by atoms with E-state index in [9.17, 15) is 19.2 Å². The summed E-state index contributed by atoms with van der Waals surface area (Å²) in [7, 11) is 0. The van der Waals surface area contributed by atoms with Gasteiger partial charge in [0.15, 0.2) is 0 Å². The topological polar surface area (TPSA) is 119 Å². The zero-order valence-electron chi connectivity index (χ0n) is 18.5. The lowest BCUT2D eigenvalue weighted by atomic mass is 9.98. The van der Waals surface area contributed by atoms with Gasteiger partial charge in [0, 0.05) is 19.6 Å². The second-order valence-electron chi connectivity index (χ2n) is 8.62. The van der Waals surface area contributed by atoms with Crippen molar-refractivity contribution in [2.75, 3.05) is 19.6 Å². The molecular weight excluding hydrogens is 457 g/mol. The van der Waals surface area contributed by atoms with Gasteiger partial charge >= 0.3 is 5.97 Å². The molecule has 10 heteroatoms. The largest absolute Gasteiger partial charge is 0.460 e. The first-order valence-electron chi connectivity index (χ1n) is 10.4. The van der Waals surface area contributed by atoms with E-state index in [1.165, 1.54) is 4.90 Å². The van der Waals surface area contributed by atoms with Gasteiger partial charge in [-0.2, -0.15) is 0 Å². The van der Waals surface area contributed by atoms with Crippen molar-refractivity contribution in [2.45, 2.75) is 51.7 Å². The van der Waals surface area contributed by atoms with Crippen LogP contribution >= 0.6 is 23.2 Å². The summed E-state index contributed by atoms with van der Waals surface area (Å²) in [5, 5.41) is 3.64. The summed E-state index contributed by atoms with van der Waals surface area (Å²) in [6, 6.07) is 4.52. The molecule has 2 unspecified atom stereocenters. The highest BCUT2D eigenvalue weighted by Crippen LogP contribution is 2.24. The van der Waals surface area contributed by atoms with Gasteiger partial charge in [0.2, 0.25) is 11.7 Å². The fourth-order valence-corrected chi connectivity index (χ4v) is 3.84. The Balaban J connectivity index is 1.90. The zero-order valence-corrected chi connectivity index (χ0v) is 20.0. The summed E-state index contributed by atoms with van der Waals surface area (Å²) < 4.78 is 5.23. The summed E-state index contributed by atoms with van der Waals surface area (Å²) in [5.41, 5.74) is 6.09. The molecule has 0 bridgehead atoms. The molecule has 0 radical (unpaired) electrons. The van der Waals surface area contributed by atoms with E-state index < -0.39 is 41.1 Å². The summed E-state index contributed by atoms with van der Waals surface area (Å²) >= 11 is 11.9. The summed E-state index contributed by atoms with van der Waals surface area (Å²) in [6.07, 6.45) is 1.16. The number of nitrogens with zero attached hydrogens (tertiary/aromatic N) is 1. The molecule has 1 fully saturated rings. The van der Waals surface area contributed by atoms with E-state index in [0.29, 0.717) is 29.4 Å². The normalized spacial score (nSPS) is 18.8. The van der Waals surface area contributed by atoms with E-state index >= 15 is 0 Å². The number of amides is 2. The molecule has 1 saturated heterocycles. The maximum absolute atomic E-state index is 12.7. The average Bonchev–Trinajstić information content (AvgIpc) is 2.94. The lowest BCUT2D eigenvalue weighted by molar-refractivity contribution is -0.155. The molecule has 0 aromatic heterocycles. The number of benzene rings is 1. The average molecular weight is 486 g/mol. The molecule has 176 valence electrons. The molecular formula is C22H29Cl2N3O5. The molecule has 8 nitrogen and oxygen atoms in total. The van der Waals surface area contributed by atoms with Crippen molar-refractivity contribution in [3.63, 3.8) is 0 Å². The SMILES string of the molecule is CC(C)(C)OC(=O)CCN1C(=O)C(=O)C(C(=O)NCCCc2ccc(Cl)c(Cl)c2)C1CN. The lowest BCUT2D eigenvalue weighted by Gasteiger charge is -2.26. The number of ketones is 1. The first-order valence-corrected chi connectivity index (χ1v) is 11.2. The molecule has 1 aliphatic heterocycles. The van der Waals surface area contributed by atoms with Gasteiger partial charge in [-0.1, -0.05) is 29.3 Å². The quantitative estimate of drug-likeness (QED) is 0.239. The number of likely N-dealkylation sites (tertiary alicyclic amines) is 1. The van der Waals surface area contributed by atoms with Crippen LogP contribution in [-0.2, 0) is 30.3 Å². The summed E-state index contributed by atoms with van der Waals surface area (Å²) in [4.78, 5) is 50.7. The summed E-state index contributed by atoms with van der Waals surface area (Å²) in [5.74, 6) is -3.86. The third kappa shape index (κ3) is 6.92. The fourth-order valence-electron chi connectivity index (χ4n) is 3.52. The highest BCUT2D eigenvalue weighted by Gasteiger charge is 2.50. The van der Waals surface area contributed by atoms with E-state index in [1.54, 1.807) is 32.9 Å². The molecule has 0 saturated carbocycles. The Kier molecular flexibility index (Phi) is 9.07. The molecule has 0 spiro atoms. The monoisotopic (exact) mass is 485 g/mol. The third-order valence-corrected chi connectivity index (χ3v) is 5.70. The number of carbonyl (C=O) groups is 4. The van der Waals surface area contributed by atoms with Crippen molar-refractivity contribution in [3.8, 4) is 0 Å². The molecule has 2 rings (SSSR count). The number of Topliss-reactive ketones (excluding diaryl/α,β-unsaturated/α-hetero) is 1. The molecule has 2 amide bonds. The Morgan fingerprint density at radius 2 is 1.88 bits per heavy atom. The molecule has 1 aliphatic rings. The molecule has 1 heterocycles. The number of hydrogen-bond donors (Lipinski definition) is 2. The van der Waals surface area contributed by atoms with Crippen molar-refractivity contribution in [1.82, 2.24) is 10.2 Å². The van der Waals surface area contributed by atoms with Crippen LogP contribution in [0.2, 0.25) is 10.0 Å². The maximum Gasteiger partial charge on any atom is 0.308 e. The van der Waals surface area contributed by atoms with Crippen molar-refractivity contribution < 1.29 is 23.9 Å². The zero-order chi connectivity index (χ0) is 24.1. The van der Waals surface area contributed by atoms with Gasteiger partial charge in [0.25, 0.3) is 5.91 Å². The van der Waals surface area contributed by atoms with Crippen LogP contribution in [0.15, 0.2) is 18.2 Å². The molecule has 3 N–H and O–H groups in total. The number of halogens is 2. The highest BCUT2D eigenvalue weighted by molar-refractivity contribution is 6.43. The second-order valence-corrected chi connectivity index (χ2v) is 9.44. The van der Waals surface area contributed by atoms with Crippen LogP contribution in [0.1, 0.15) is 39.2 Å². The van der Waals surface area contributed by atoms with Crippen LogP contribution < -0.4 is 11.1 Å². The number of esters is 1. The number of nitrogens with one attached hydrogen (secondary N) is 1. The minimum Gasteiger partial charge on any atom is -0.460 e. The Hall–Kier alpha value is -2.16. The predicted octanol–water partition coefficient (Wildman–Crippen LogP) is 2.13. The minimum absolute atomic E-state index is 0.0392. The third-order valence-electron chi connectivity index (χ3n) is 4.97. The number of aryl methyl sites for hydroxylation is 1. The smallest absolute Gasteiger partial charge is 0.308 e. The standard InChI is InChI=1S/C22H29Cl2N3O5/c1-22(2,3)32-17(28)8-10-27-16(12-25)18(19(29)21(27)31)20(30)26-9-4-5-13-6-7-14(23)15(24)11-13/h6-7,11,16,18H,4-5,8-10,12,25H2,1-3H3,(H,26,30). The van der Waals surface area contributed by atoms with Gasteiger partial charge in [-0.3, -0.25) is 19.2 Å². The second kappa shape index (κ2) is 11.1. The van der Waals surface area contributed by atoms with E-state index in [0.717, 1.165) is 5.56 Å². The number of hydrogen-bond acceptors (Lipinski definition) is 6. The van der Waals surface area contributed by atoms with Crippen LogP contribution in [0.25, 0.3) is 0 Å². The van der Waals surface area contributed by atoms with E-state index in [4.69, 9.17) is 33.7 Å². The predicted molar refractivity (Wildman–Crippen MR) is 121 cm³/mol. The van der Waals surface area contributed by atoms with Gasteiger partial charge in [0.1, 0.15) is 11.5 Å². The molecule has 1 aromatic carbocycles. The Morgan fingerprint density at radius 3 is 2.47 bits per heavy atom. The van der Waals surface area contributed by atoms with Crippen molar-refractivity contribution in [2.24, 2.45) is 11.7 Å². The lowest BCUT2D eigenvalue weighted by Crippen LogP contribution is -2.46. The number of carbonyl (C=O) groups excluding carboxylic acids is 4. The van der Waals surface area contributed by atoms with Gasteiger partial charge < -0.3 is 20.7 Å². The molecule has 2 atom stereocenters. The fraction of sp³-hybridized carbons (Fsp3) is 0.545. The number of ether oxygens (including phenoxy) is 1. The van der Waals surface area contributed by atoms with Crippen LogP contribution in [0.3, 0.4) is 0 Å². The van der Waals surface area contributed by atoms with Crippen LogP contribution in [-0.4, -0.2) is 59.7 Å². The van der Waals surface area contributed by atoms with Crippen LogP contribution in [0, 0.1) is 5.92 Å². The molecule has 0 aliphatic carbocycles. The molecule has 32 heavy (non-hydrogen) atoms. The van der Waals surface area contributed by atoms with Crippen molar-refractivity contribution in [1.29, 1.82) is 0 Å². The number of nitrogens with two attached hydrogens (primary N) is 1. The van der Waals surface area contributed by atoms with Gasteiger partial charge in [-0.05, 0) is 51.3 Å². The Labute approximate surface area is 197 Å². The van der Waals surface area contributed by atoms with Crippen molar-refractivity contribution in [3.05, 3.63) is 33.8 Å². The molecule has 1 aromatic rings. The van der Waals surface area contributed by atoms with Crippen LogP contribution in [0.4, 0.5) is 0 Å². The van der Waals surface area contributed by atoms with E-state index in [-0.39, 0.29) is 19.5 Å². The van der Waals surface area contributed by atoms with Gasteiger partial charge in [-0.25, -0.2) is 0 Å². The first-order chi connectivity index (χ1) is 14.9. The minimum atomic E-state index is -1.20. The van der Waals surface area contributed by atoms with Crippen molar-refractivity contribution >= 4 is 46.8 Å². The van der Waals surface area contributed by atoms with Gasteiger partial charge in [-0.15, -0.1) is 0 Å². The van der Waals surface area contributed by atoms with E-state index in [2.05, 4.69) is 5.32 Å². The van der Waals surface area contributed by atoms with E-state index in [1.807, 2.05) is 6.07 Å². The Bertz CT molecular complexity index is 885. The first kappa shape index (κ1) is 26.1. The maximum atomic E-state index is 12.7.